The van der Waals surface area contributed by atoms with Crippen LogP contribution in [0.25, 0.3) is 0 Å². The van der Waals surface area contributed by atoms with Crippen molar-refractivity contribution in [2.75, 3.05) is 13.1 Å². The van der Waals surface area contributed by atoms with Gasteiger partial charge in [0.05, 0.1) is 0 Å². The highest BCUT2D eigenvalue weighted by molar-refractivity contribution is 4.79. The van der Waals surface area contributed by atoms with Gasteiger partial charge < -0.3 is 4.90 Å². The van der Waals surface area contributed by atoms with Crippen molar-refractivity contribution in [3.63, 3.8) is 0 Å². The molecule has 0 aromatic rings. The quantitative estimate of drug-likeness (QED) is 0.684. The molecule has 1 heteroatoms. The number of hydrogen-bond donors (Lipinski definition) is 0. The molecule has 0 aromatic heterocycles. The number of nitrogens with zero attached hydrogens (tertiary/aromatic N) is 1. The Morgan fingerprint density at radius 3 is 2.33 bits per heavy atom. The molecule has 1 aliphatic heterocycles. The minimum Gasteiger partial charge on any atom is -0.301 e. The molecular formula is C14H29N. The van der Waals surface area contributed by atoms with Crippen molar-refractivity contribution < 1.29 is 0 Å². The fourth-order valence-electron chi connectivity index (χ4n) is 2.67. The van der Waals surface area contributed by atoms with Crippen LogP contribution >= 0.6 is 0 Å². The summed E-state index contributed by atoms with van der Waals surface area (Å²) in [5.74, 6) is 2.77. The van der Waals surface area contributed by atoms with Crippen LogP contribution in [0.2, 0.25) is 0 Å². The fourth-order valence-corrected chi connectivity index (χ4v) is 2.67. The van der Waals surface area contributed by atoms with Crippen LogP contribution in [0.15, 0.2) is 0 Å². The second-order valence-corrected chi connectivity index (χ2v) is 6.09. The van der Waals surface area contributed by atoms with Crippen molar-refractivity contribution in [3.05, 3.63) is 0 Å². The van der Waals surface area contributed by atoms with Gasteiger partial charge in [0.15, 0.2) is 0 Å². The summed E-state index contributed by atoms with van der Waals surface area (Å²) in [6.07, 6.45) is 4.29. The van der Waals surface area contributed by atoms with Crippen molar-refractivity contribution in [2.45, 2.75) is 59.9 Å². The smallest absolute Gasteiger partial charge is 0.00387 e. The van der Waals surface area contributed by atoms with Gasteiger partial charge in [0.2, 0.25) is 0 Å². The van der Waals surface area contributed by atoms with Gasteiger partial charge in [-0.3, -0.25) is 0 Å². The number of piperidine rings is 1. The van der Waals surface area contributed by atoms with Crippen LogP contribution in [0.5, 0.6) is 0 Å². The molecule has 0 aromatic carbocycles. The third-order valence-corrected chi connectivity index (χ3v) is 3.96. The second-order valence-electron chi connectivity index (χ2n) is 6.09. The zero-order valence-electron chi connectivity index (χ0n) is 11.3. The van der Waals surface area contributed by atoms with E-state index in [2.05, 4.69) is 39.5 Å². The van der Waals surface area contributed by atoms with E-state index in [1.807, 2.05) is 0 Å². The molecule has 0 N–H and O–H groups in total. The molecule has 1 heterocycles. The SMILES string of the molecule is CC(C)CCC1CCN(C(C)C)CC1C. The molecule has 1 nitrogen and oxygen atoms in total. The maximum Gasteiger partial charge on any atom is 0.00387 e. The minimum atomic E-state index is 0.735. The second kappa shape index (κ2) is 5.89. The number of rotatable bonds is 4. The van der Waals surface area contributed by atoms with Gasteiger partial charge in [-0.2, -0.15) is 0 Å². The van der Waals surface area contributed by atoms with Gasteiger partial charge in [-0.15, -0.1) is 0 Å². The number of likely N-dealkylation sites (tertiary alicyclic amines) is 1. The van der Waals surface area contributed by atoms with Crippen LogP contribution in [-0.2, 0) is 0 Å². The molecule has 2 atom stereocenters. The van der Waals surface area contributed by atoms with Crippen molar-refractivity contribution in [1.82, 2.24) is 4.90 Å². The van der Waals surface area contributed by atoms with E-state index in [1.54, 1.807) is 0 Å². The van der Waals surface area contributed by atoms with Gasteiger partial charge in [0.25, 0.3) is 0 Å². The predicted octanol–water partition coefficient (Wildman–Crippen LogP) is 3.79. The molecule has 1 saturated heterocycles. The molecule has 0 aliphatic carbocycles. The van der Waals surface area contributed by atoms with Gasteiger partial charge in [-0.05, 0) is 51.0 Å². The Kier molecular flexibility index (Phi) is 5.11. The molecule has 2 unspecified atom stereocenters. The molecular weight excluding hydrogens is 182 g/mol. The van der Waals surface area contributed by atoms with Crippen molar-refractivity contribution >= 4 is 0 Å². The normalized spacial score (nSPS) is 29.0. The van der Waals surface area contributed by atoms with E-state index in [4.69, 9.17) is 0 Å². The van der Waals surface area contributed by atoms with Gasteiger partial charge in [-0.1, -0.05) is 27.2 Å². The highest BCUT2D eigenvalue weighted by atomic mass is 15.2. The molecule has 0 radical (unpaired) electrons. The summed E-state index contributed by atoms with van der Waals surface area (Å²) in [6, 6.07) is 0.735. The predicted molar refractivity (Wildman–Crippen MR) is 68.1 cm³/mol. The molecule has 90 valence electrons. The standard InChI is InChI=1S/C14H29N/c1-11(2)6-7-14-8-9-15(12(3)4)10-13(14)5/h11-14H,6-10H2,1-5H3. The molecule has 0 bridgehead atoms. The van der Waals surface area contributed by atoms with E-state index < -0.39 is 0 Å². The van der Waals surface area contributed by atoms with E-state index >= 15 is 0 Å². The maximum atomic E-state index is 2.64. The Bertz CT molecular complexity index is 174. The highest BCUT2D eigenvalue weighted by Gasteiger charge is 2.26. The van der Waals surface area contributed by atoms with Crippen molar-refractivity contribution in [3.8, 4) is 0 Å². The summed E-state index contributed by atoms with van der Waals surface area (Å²) < 4.78 is 0. The molecule has 15 heavy (non-hydrogen) atoms. The molecule has 1 aliphatic rings. The monoisotopic (exact) mass is 211 g/mol. The Balaban J connectivity index is 2.32. The molecule has 0 amide bonds. The van der Waals surface area contributed by atoms with Gasteiger partial charge >= 0.3 is 0 Å². The van der Waals surface area contributed by atoms with E-state index in [-0.39, 0.29) is 0 Å². The first-order chi connectivity index (χ1) is 7.00. The average molecular weight is 211 g/mol. The molecule has 1 rings (SSSR count). The summed E-state index contributed by atoms with van der Waals surface area (Å²) in [5.41, 5.74) is 0. The van der Waals surface area contributed by atoms with Crippen LogP contribution in [0.1, 0.15) is 53.9 Å². The van der Waals surface area contributed by atoms with E-state index in [0.717, 1.165) is 23.8 Å². The largest absolute Gasteiger partial charge is 0.301 e. The van der Waals surface area contributed by atoms with Crippen LogP contribution in [0.3, 0.4) is 0 Å². The Labute approximate surface area is 96.2 Å². The third kappa shape index (κ3) is 4.14. The lowest BCUT2D eigenvalue weighted by atomic mass is 9.82. The zero-order chi connectivity index (χ0) is 11.4. The molecule has 0 spiro atoms. The lowest BCUT2D eigenvalue weighted by Gasteiger charge is -2.39. The molecule has 0 saturated carbocycles. The third-order valence-electron chi connectivity index (χ3n) is 3.96. The van der Waals surface area contributed by atoms with Crippen LogP contribution < -0.4 is 0 Å². The average Bonchev–Trinajstić information content (AvgIpc) is 2.15. The van der Waals surface area contributed by atoms with Crippen molar-refractivity contribution in [1.29, 1.82) is 0 Å². The van der Waals surface area contributed by atoms with Gasteiger partial charge in [0.1, 0.15) is 0 Å². The maximum absolute atomic E-state index is 2.64. The van der Waals surface area contributed by atoms with Crippen LogP contribution in [0.4, 0.5) is 0 Å². The summed E-state index contributed by atoms with van der Waals surface area (Å²) in [4.78, 5) is 2.64. The topological polar surface area (TPSA) is 3.24 Å². The summed E-state index contributed by atoms with van der Waals surface area (Å²) in [6.45, 7) is 14.4. The van der Waals surface area contributed by atoms with Crippen molar-refractivity contribution in [2.24, 2.45) is 17.8 Å². The van der Waals surface area contributed by atoms with E-state index in [9.17, 15) is 0 Å². The van der Waals surface area contributed by atoms with Crippen LogP contribution in [-0.4, -0.2) is 24.0 Å². The minimum absolute atomic E-state index is 0.735. The molecule has 1 fully saturated rings. The Morgan fingerprint density at radius 2 is 1.87 bits per heavy atom. The van der Waals surface area contributed by atoms with Crippen LogP contribution in [0, 0.1) is 17.8 Å². The van der Waals surface area contributed by atoms with Gasteiger partial charge in [0, 0.05) is 12.6 Å². The summed E-state index contributed by atoms with van der Waals surface area (Å²) in [5, 5.41) is 0. The number of hydrogen-bond acceptors (Lipinski definition) is 1. The highest BCUT2D eigenvalue weighted by Crippen LogP contribution is 2.29. The first-order valence-electron chi connectivity index (χ1n) is 6.74. The fraction of sp³-hybridized carbons (Fsp3) is 1.00. The Morgan fingerprint density at radius 1 is 1.20 bits per heavy atom. The summed E-state index contributed by atoms with van der Waals surface area (Å²) >= 11 is 0. The summed E-state index contributed by atoms with van der Waals surface area (Å²) in [7, 11) is 0. The first-order valence-corrected chi connectivity index (χ1v) is 6.74. The van der Waals surface area contributed by atoms with E-state index in [0.29, 0.717) is 0 Å². The zero-order valence-corrected chi connectivity index (χ0v) is 11.3. The van der Waals surface area contributed by atoms with Gasteiger partial charge in [-0.25, -0.2) is 0 Å². The lowest BCUT2D eigenvalue weighted by Crippen LogP contribution is -2.43. The van der Waals surface area contributed by atoms with E-state index in [1.165, 1.54) is 32.4 Å². The first kappa shape index (κ1) is 13.0. The lowest BCUT2D eigenvalue weighted by molar-refractivity contribution is 0.0951. The Hall–Kier alpha value is -0.0400.